The average Bonchev–Trinajstić information content (AvgIpc) is 3.28. The molecule has 10 heteroatoms. The third-order valence-corrected chi connectivity index (χ3v) is 6.90. The molecular formula is C23H29F2N5O3. The Morgan fingerprint density at radius 2 is 2.06 bits per heavy atom. The summed E-state index contributed by atoms with van der Waals surface area (Å²) in [5.41, 5.74) is 6.73. The van der Waals surface area contributed by atoms with Crippen LogP contribution in [0.2, 0.25) is 0 Å². The number of anilines is 1. The van der Waals surface area contributed by atoms with Crippen LogP contribution in [-0.4, -0.2) is 38.1 Å². The van der Waals surface area contributed by atoms with Crippen molar-refractivity contribution in [2.75, 3.05) is 5.73 Å². The van der Waals surface area contributed by atoms with Gasteiger partial charge in [0.1, 0.15) is 5.52 Å². The van der Waals surface area contributed by atoms with Gasteiger partial charge in [0.05, 0.1) is 12.2 Å². The average molecular weight is 462 g/mol. The molecule has 0 bridgehead atoms. The van der Waals surface area contributed by atoms with E-state index in [1.54, 1.807) is 6.07 Å². The summed E-state index contributed by atoms with van der Waals surface area (Å²) in [6.07, 6.45) is 2.90. The molecule has 4 unspecified atom stereocenters. The van der Waals surface area contributed by atoms with Gasteiger partial charge >= 0.3 is 6.29 Å². The van der Waals surface area contributed by atoms with Gasteiger partial charge in [-0.25, -0.2) is 9.97 Å². The molecule has 1 saturated heterocycles. The number of benzene rings is 1. The maximum absolute atomic E-state index is 13.6. The molecule has 4 atom stereocenters. The summed E-state index contributed by atoms with van der Waals surface area (Å²) in [7, 11) is 0. The number of nitrogens with zero attached hydrogens (tertiary/aromatic N) is 4. The zero-order valence-corrected chi connectivity index (χ0v) is 19.1. The number of fused-ring (bicyclic) bond motifs is 5. The maximum Gasteiger partial charge on any atom is 0.586 e. The van der Waals surface area contributed by atoms with Crippen LogP contribution in [0.5, 0.6) is 11.5 Å². The van der Waals surface area contributed by atoms with E-state index in [4.69, 9.17) is 10.5 Å². The zero-order chi connectivity index (χ0) is 23.3. The van der Waals surface area contributed by atoms with Gasteiger partial charge in [0.15, 0.2) is 23.0 Å². The Bertz CT molecular complexity index is 1180. The number of nitrogens with two attached hydrogens (primary N) is 1. The highest BCUT2D eigenvalue weighted by Gasteiger charge is 2.45. The number of halogens is 2. The van der Waals surface area contributed by atoms with Crippen LogP contribution in [0, 0.1) is 11.8 Å². The van der Waals surface area contributed by atoms with Gasteiger partial charge in [-0.15, -0.1) is 13.9 Å². The number of ether oxygens (including phenoxy) is 3. The Morgan fingerprint density at radius 1 is 1.24 bits per heavy atom. The standard InChI is InChI=1S/C23H29F2N5O3/c1-4-15-11-14(7-6-13(3)31-15)12(2)5-10-18-27-21-16-8-9-17-20(33-23(24,25)32-17)19(16)28-22(26)30(21)29-18/h8-9,12-15H,4-7,10-11H2,1-3H3,(H2,26,28). The van der Waals surface area contributed by atoms with Gasteiger partial charge in [-0.3, -0.25) is 0 Å². The highest BCUT2D eigenvalue weighted by molar-refractivity contribution is 5.97. The SMILES string of the molecule is CCC1CC(C(C)CCc2nc3c4ccc5c(c4nc(N)n3n2)OC(F)(F)O5)CCC(C)O1. The molecule has 5 rings (SSSR count). The fourth-order valence-corrected chi connectivity index (χ4v) is 4.98. The predicted molar refractivity (Wildman–Crippen MR) is 118 cm³/mol. The molecule has 4 heterocycles. The first-order chi connectivity index (χ1) is 15.7. The summed E-state index contributed by atoms with van der Waals surface area (Å²) in [4.78, 5) is 8.91. The molecule has 1 fully saturated rings. The van der Waals surface area contributed by atoms with Crippen molar-refractivity contribution in [1.82, 2.24) is 19.6 Å². The number of hydrogen-bond acceptors (Lipinski definition) is 7. The van der Waals surface area contributed by atoms with Crippen molar-refractivity contribution in [1.29, 1.82) is 0 Å². The molecule has 3 aromatic rings. The molecule has 33 heavy (non-hydrogen) atoms. The fourth-order valence-electron chi connectivity index (χ4n) is 4.98. The second-order valence-corrected chi connectivity index (χ2v) is 9.26. The normalized spacial score (nSPS) is 25.4. The summed E-state index contributed by atoms with van der Waals surface area (Å²) in [5, 5.41) is 5.06. The molecule has 178 valence electrons. The second kappa shape index (κ2) is 8.23. The van der Waals surface area contributed by atoms with Crippen LogP contribution < -0.4 is 15.2 Å². The summed E-state index contributed by atoms with van der Waals surface area (Å²) < 4.78 is 43.9. The van der Waals surface area contributed by atoms with Gasteiger partial charge in [0.2, 0.25) is 5.95 Å². The van der Waals surface area contributed by atoms with E-state index in [2.05, 4.69) is 45.3 Å². The zero-order valence-electron chi connectivity index (χ0n) is 19.1. The quantitative estimate of drug-likeness (QED) is 0.586. The predicted octanol–water partition coefficient (Wildman–Crippen LogP) is 4.73. The fraction of sp³-hybridized carbons (Fsp3) is 0.609. The molecular weight excluding hydrogens is 432 g/mol. The van der Waals surface area contributed by atoms with Crippen molar-refractivity contribution in [2.45, 2.75) is 77.8 Å². The number of nitrogen functional groups attached to an aromatic ring is 1. The summed E-state index contributed by atoms with van der Waals surface area (Å²) in [6, 6.07) is 3.05. The minimum atomic E-state index is -3.73. The monoisotopic (exact) mass is 461 g/mol. The second-order valence-electron chi connectivity index (χ2n) is 9.26. The largest absolute Gasteiger partial charge is 0.586 e. The Kier molecular flexibility index (Phi) is 5.50. The number of alkyl halides is 2. The number of aromatic nitrogens is 4. The van der Waals surface area contributed by atoms with Gasteiger partial charge < -0.3 is 19.9 Å². The highest BCUT2D eigenvalue weighted by atomic mass is 19.3. The van der Waals surface area contributed by atoms with E-state index in [9.17, 15) is 8.78 Å². The van der Waals surface area contributed by atoms with E-state index < -0.39 is 6.29 Å². The van der Waals surface area contributed by atoms with Crippen molar-refractivity contribution >= 4 is 22.5 Å². The lowest BCUT2D eigenvalue weighted by atomic mass is 9.82. The lowest BCUT2D eigenvalue weighted by molar-refractivity contribution is -0.286. The molecule has 2 aliphatic heterocycles. The van der Waals surface area contributed by atoms with Crippen molar-refractivity contribution in [2.24, 2.45) is 11.8 Å². The van der Waals surface area contributed by atoms with E-state index in [1.165, 1.54) is 10.6 Å². The van der Waals surface area contributed by atoms with E-state index in [-0.39, 0.29) is 23.0 Å². The van der Waals surface area contributed by atoms with Crippen molar-refractivity contribution in [3.63, 3.8) is 0 Å². The van der Waals surface area contributed by atoms with Crippen LogP contribution in [0.15, 0.2) is 12.1 Å². The number of rotatable bonds is 5. The maximum atomic E-state index is 13.6. The van der Waals surface area contributed by atoms with Gasteiger partial charge in [-0.05, 0) is 63.0 Å². The third-order valence-electron chi connectivity index (χ3n) is 6.90. The van der Waals surface area contributed by atoms with Gasteiger partial charge in [0, 0.05) is 11.8 Å². The Balaban J connectivity index is 1.38. The highest BCUT2D eigenvalue weighted by Crippen LogP contribution is 2.45. The first-order valence-corrected chi connectivity index (χ1v) is 11.6. The molecule has 0 radical (unpaired) electrons. The van der Waals surface area contributed by atoms with Crippen LogP contribution in [0.3, 0.4) is 0 Å². The molecule has 2 aliphatic rings. The molecule has 0 saturated carbocycles. The molecule has 8 nitrogen and oxygen atoms in total. The summed E-state index contributed by atoms with van der Waals surface area (Å²) in [6.45, 7) is 6.63. The molecule has 2 N–H and O–H groups in total. The number of aryl methyl sites for hydroxylation is 1. The number of hydrogen-bond donors (Lipinski definition) is 1. The Hall–Kier alpha value is -2.75. The van der Waals surface area contributed by atoms with Gasteiger partial charge in [-0.1, -0.05) is 13.8 Å². The van der Waals surface area contributed by atoms with Crippen molar-refractivity contribution < 1.29 is 23.0 Å². The van der Waals surface area contributed by atoms with Gasteiger partial charge in [0.25, 0.3) is 0 Å². The van der Waals surface area contributed by atoms with Crippen molar-refractivity contribution in [3.05, 3.63) is 18.0 Å². The topological polar surface area (TPSA) is 96.8 Å². The molecule has 0 aliphatic carbocycles. The lowest BCUT2D eigenvalue weighted by Gasteiger charge is -2.24. The van der Waals surface area contributed by atoms with Crippen LogP contribution in [0.25, 0.3) is 16.6 Å². The first kappa shape index (κ1) is 22.1. The van der Waals surface area contributed by atoms with E-state index in [1.807, 2.05) is 0 Å². The van der Waals surface area contributed by atoms with Crippen LogP contribution in [0.1, 0.15) is 58.7 Å². The lowest BCUT2D eigenvalue weighted by Crippen LogP contribution is -2.26. The van der Waals surface area contributed by atoms with Crippen LogP contribution in [-0.2, 0) is 11.2 Å². The van der Waals surface area contributed by atoms with E-state index >= 15 is 0 Å². The minimum Gasteiger partial charge on any atom is -0.395 e. The summed E-state index contributed by atoms with van der Waals surface area (Å²) in [5.74, 6) is 1.59. The Labute approximate surface area is 190 Å². The molecule has 1 aromatic carbocycles. The summed E-state index contributed by atoms with van der Waals surface area (Å²) >= 11 is 0. The first-order valence-electron chi connectivity index (χ1n) is 11.6. The third kappa shape index (κ3) is 4.16. The van der Waals surface area contributed by atoms with Crippen LogP contribution >= 0.6 is 0 Å². The van der Waals surface area contributed by atoms with E-state index in [0.717, 1.165) is 32.1 Å². The smallest absolute Gasteiger partial charge is 0.395 e. The minimum absolute atomic E-state index is 0.0530. The molecule has 0 spiro atoms. The van der Waals surface area contributed by atoms with Gasteiger partial charge in [-0.2, -0.15) is 4.52 Å². The van der Waals surface area contributed by atoms with Crippen LogP contribution in [0.4, 0.5) is 14.7 Å². The van der Waals surface area contributed by atoms with Crippen molar-refractivity contribution in [3.8, 4) is 11.5 Å². The molecule has 0 amide bonds. The Morgan fingerprint density at radius 3 is 2.85 bits per heavy atom. The van der Waals surface area contributed by atoms with E-state index in [0.29, 0.717) is 47.3 Å². The molecule has 2 aromatic heterocycles.